The Morgan fingerprint density at radius 2 is 1.77 bits per heavy atom. The zero-order valence-corrected chi connectivity index (χ0v) is 12.3. The predicted octanol–water partition coefficient (Wildman–Crippen LogP) is 4.55. The molecule has 0 spiro atoms. The molecule has 3 aromatic rings. The van der Waals surface area contributed by atoms with E-state index < -0.39 is 0 Å². The predicted molar refractivity (Wildman–Crippen MR) is 86.2 cm³/mol. The van der Waals surface area contributed by atoms with Crippen molar-refractivity contribution in [2.45, 2.75) is 6.92 Å². The molecule has 22 heavy (non-hydrogen) atoms. The first kappa shape index (κ1) is 14.1. The second-order valence-electron chi connectivity index (χ2n) is 4.95. The Morgan fingerprint density at radius 3 is 2.41 bits per heavy atom. The van der Waals surface area contributed by atoms with Gasteiger partial charge in [-0.25, -0.2) is 0 Å². The number of allylic oxidation sites excluding steroid dienone is 1. The molecule has 1 aromatic heterocycles. The molecular formula is C18H16O4. The maximum Gasteiger partial charge on any atom is 0.142 e. The maximum absolute atomic E-state index is 10.1. The number of fused-ring (bicyclic) bond motifs is 1. The Balaban J connectivity index is 2.14. The van der Waals surface area contributed by atoms with Gasteiger partial charge < -0.3 is 19.4 Å². The number of ether oxygens (including phenoxy) is 1. The van der Waals surface area contributed by atoms with Crippen LogP contribution >= 0.6 is 0 Å². The lowest BCUT2D eigenvalue weighted by Gasteiger charge is -2.07. The lowest BCUT2D eigenvalue weighted by molar-refractivity contribution is 0.398. The van der Waals surface area contributed by atoms with Crippen LogP contribution in [-0.2, 0) is 0 Å². The number of hydrogen-bond donors (Lipinski definition) is 2. The summed E-state index contributed by atoms with van der Waals surface area (Å²) in [6, 6.07) is 10.5. The normalized spacial score (nSPS) is 11.4. The summed E-state index contributed by atoms with van der Waals surface area (Å²) in [7, 11) is 1.47. The highest BCUT2D eigenvalue weighted by Crippen LogP contribution is 2.42. The van der Waals surface area contributed by atoms with Gasteiger partial charge >= 0.3 is 0 Å². The SMILES string of the molecule is CC=Cc1ccc2oc(-c3c(O)cc(OC)cc3O)cc2c1. The summed E-state index contributed by atoms with van der Waals surface area (Å²) in [5.74, 6) is 0.602. The number of hydrogen-bond acceptors (Lipinski definition) is 4. The molecule has 0 unspecified atom stereocenters. The van der Waals surface area contributed by atoms with E-state index in [1.54, 1.807) is 6.07 Å². The molecular weight excluding hydrogens is 280 g/mol. The number of phenolic OH excluding ortho intramolecular Hbond substituents is 2. The van der Waals surface area contributed by atoms with Crippen LogP contribution in [0.15, 0.2) is 46.9 Å². The molecule has 2 aromatic carbocycles. The highest BCUT2D eigenvalue weighted by atomic mass is 16.5. The van der Waals surface area contributed by atoms with Gasteiger partial charge in [0.05, 0.1) is 7.11 Å². The van der Waals surface area contributed by atoms with E-state index in [4.69, 9.17) is 9.15 Å². The third kappa shape index (κ3) is 2.39. The van der Waals surface area contributed by atoms with Crippen LogP contribution < -0.4 is 4.74 Å². The molecule has 0 amide bonds. The number of furan rings is 1. The number of benzene rings is 2. The number of rotatable bonds is 3. The fourth-order valence-corrected chi connectivity index (χ4v) is 2.44. The summed E-state index contributed by atoms with van der Waals surface area (Å²) in [5.41, 5.74) is 2.01. The van der Waals surface area contributed by atoms with Crippen molar-refractivity contribution in [2.75, 3.05) is 7.11 Å². The highest BCUT2D eigenvalue weighted by Gasteiger charge is 2.16. The summed E-state index contributed by atoms with van der Waals surface area (Å²) >= 11 is 0. The summed E-state index contributed by atoms with van der Waals surface area (Å²) in [6.45, 7) is 1.96. The molecule has 3 rings (SSSR count). The minimum atomic E-state index is -0.0930. The van der Waals surface area contributed by atoms with Crippen molar-refractivity contribution in [3.05, 3.63) is 48.0 Å². The number of methoxy groups -OCH3 is 1. The second-order valence-corrected chi connectivity index (χ2v) is 4.95. The topological polar surface area (TPSA) is 62.8 Å². The van der Waals surface area contributed by atoms with E-state index in [1.807, 2.05) is 37.3 Å². The largest absolute Gasteiger partial charge is 0.507 e. The molecule has 0 aliphatic rings. The standard InChI is InChI=1S/C18H16O4/c1-3-4-11-5-6-16-12(7-11)8-17(22-16)18-14(19)9-13(21-2)10-15(18)20/h3-10,19-20H,1-2H3. The minimum Gasteiger partial charge on any atom is -0.507 e. The molecule has 0 radical (unpaired) electrons. The monoisotopic (exact) mass is 296 g/mol. The molecule has 0 atom stereocenters. The number of aromatic hydroxyl groups is 2. The molecule has 0 bridgehead atoms. The van der Waals surface area contributed by atoms with Gasteiger partial charge in [-0.15, -0.1) is 0 Å². The summed E-state index contributed by atoms with van der Waals surface area (Å²) < 4.78 is 10.7. The van der Waals surface area contributed by atoms with Crippen LogP contribution in [0.5, 0.6) is 17.2 Å². The fraction of sp³-hybridized carbons (Fsp3) is 0.111. The Bertz CT molecular complexity index is 836. The van der Waals surface area contributed by atoms with E-state index in [0.29, 0.717) is 17.1 Å². The average Bonchev–Trinajstić information content (AvgIpc) is 2.89. The van der Waals surface area contributed by atoms with Crippen LogP contribution in [0.1, 0.15) is 12.5 Å². The van der Waals surface area contributed by atoms with Gasteiger partial charge in [0.1, 0.15) is 34.2 Å². The molecule has 0 fully saturated rings. The van der Waals surface area contributed by atoms with Crippen molar-refractivity contribution in [1.82, 2.24) is 0 Å². The molecule has 0 saturated heterocycles. The van der Waals surface area contributed by atoms with E-state index in [1.165, 1.54) is 19.2 Å². The van der Waals surface area contributed by atoms with Gasteiger partial charge in [-0.3, -0.25) is 0 Å². The van der Waals surface area contributed by atoms with Crippen LogP contribution in [-0.4, -0.2) is 17.3 Å². The summed E-state index contributed by atoms with van der Waals surface area (Å²) in [6.07, 6.45) is 3.96. The molecule has 112 valence electrons. The summed E-state index contributed by atoms with van der Waals surface area (Å²) in [5, 5.41) is 21.1. The molecule has 0 aliphatic heterocycles. The first-order valence-corrected chi connectivity index (χ1v) is 6.89. The lowest BCUT2D eigenvalue weighted by atomic mass is 10.1. The molecule has 0 saturated carbocycles. The van der Waals surface area contributed by atoms with Crippen molar-refractivity contribution in [3.63, 3.8) is 0 Å². The first-order chi connectivity index (χ1) is 10.6. The second kappa shape index (κ2) is 5.48. The third-order valence-corrected chi connectivity index (χ3v) is 3.45. The van der Waals surface area contributed by atoms with Crippen molar-refractivity contribution in [2.24, 2.45) is 0 Å². The zero-order chi connectivity index (χ0) is 15.7. The Kier molecular flexibility index (Phi) is 3.51. The Hall–Kier alpha value is -2.88. The summed E-state index contributed by atoms with van der Waals surface area (Å²) in [4.78, 5) is 0. The van der Waals surface area contributed by atoms with Gasteiger partial charge in [-0.2, -0.15) is 0 Å². The quantitative estimate of drug-likeness (QED) is 0.744. The smallest absolute Gasteiger partial charge is 0.142 e. The number of phenols is 2. The van der Waals surface area contributed by atoms with Crippen LogP contribution in [0.25, 0.3) is 28.4 Å². The van der Waals surface area contributed by atoms with Gasteiger partial charge in [0.25, 0.3) is 0 Å². The molecule has 1 heterocycles. The van der Waals surface area contributed by atoms with E-state index in [0.717, 1.165) is 10.9 Å². The van der Waals surface area contributed by atoms with Crippen LogP contribution in [0.3, 0.4) is 0 Å². The van der Waals surface area contributed by atoms with Gasteiger partial charge in [0.15, 0.2) is 0 Å². The fourth-order valence-electron chi connectivity index (χ4n) is 2.44. The van der Waals surface area contributed by atoms with Crippen molar-refractivity contribution in [1.29, 1.82) is 0 Å². The highest BCUT2D eigenvalue weighted by molar-refractivity contribution is 5.87. The van der Waals surface area contributed by atoms with Gasteiger partial charge in [-0.1, -0.05) is 18.2 Å². The average molecular weight is 296 g/mol. The van der Waals surface area contributed by atoms with Crippen LogP contribution in [0, 0.1) is 0 Å². The molecule has 0 aliphatic carbocycles. The minimum absolute atomic E-state index is 0.0930. The van der Waals surface area contributed by atoms with E-state index in [2.05, 4.69) is 0 Å². The zero-order valence-electron chi connectivity index (χ0n) is 12.3. The van der Waals surface area contributed by atoms with Crippen LogP contribution in [0.2, 0.25) is 0 Å². The van der Waals surface area contributed by atoms with E-state index in [9.17, 15) is 10.2 Å². The molecule has 4 heteroatoms. The van der Waals surface area contributed by atoms with Crippen molar-refractivity contribution < 1.29 is 19.4 Å². The van der Waals surface area contributed by atoms with E-state index in [-0.39, 0.29) is 17.1 Å². The Morgan fingerprint density at radius 1 is 1.05 bits per heavy atom. The van der Waals surface area contributed by atoms with Gasteiger partial charge in [0.2, 0.25) is 0 Å². The maximum atomic E-state index is 10.1. The Labute approximate surface area is 127 Å². The molecule has 2 N–H and O–H groups in total. The van der Waals surface area contributed by atoms with Crippen molar-refractivity contribution >= 4 is 17.0 Å². The lowest BCUT2D eigenvalue weighted by Crippen LogP contribution is -1.84. The molecule has 4 nitrogen and oxygen atoms in total. The third-order valence-electron chi connectivity index (χ3n) is 3.45. The van der Waals surface area contributed by atoms with Gasteiger partial charge in [-0.05, 0) is 30.7 Å². The van der Waals surface area contributed by atoms with Crippen molar-refractivity contribution in [3.8, 4) is 28.6 Å². The van der Waals surface area contributed by atoms with Crippen LogP contribution in [0.4, 0.5) is 0 Å². The van der Waals surface area contributed by atoms with Gasteiger partial charge in [0, 0.05) is 17.5 Å². The first-order valence-electron chi connectivity index (χ1n) is 6.89. The van der Waals surface area contributed by atoms with E-state index >= 15 is 0 Å².